The van der Waals surface area contributed by atoms with Crippen molar-refractivity contribution in [3.8, 4) is 0 Å². The van der Waals surface area contributed by atoms with E-state index in [1.165, 1.54) is 18.7 Å². The number of nitrogens with one attached hydrogen (secondary N) is 2. The van der Waals surface area contributed by atoms with Crippen molar-refractivity contribution >= 4 is 23.3 Å². The summed E-state index contributed by atoms with van der Waals surface area (Å²) >= 11 is 0. The fraction of sp³-hybridized carbons (Fsp3) is 0.333. The van der Waals surface area contributed by atoms with Crippen LogP contribution in [0.5, 0.6) is 0 Å². The van der Waals surface area contributed by atoms with Crippen molar-refractivity contribution in [2.45, 2.75) is 26.2 Å². The van der Waals surface area contributed by atoms with Crippen molar-refractivity contribution in [3.63, 3.8) is 0 Å². The number of benzene rings is 1. The van der Waals surface area contributed by atoms with Crippen LogP contribution in [0, 0.1) is 13.8 Å². The first kappa shape index (κ1) is 17.7. The zero-order chi connectivity index (χ0) is 19.2. The Morgan fingerprint density at radius 2 is 1.69 bits per heavy atom. The monoisotopic (exact) mass is 356 g/mol. The standard InChI is InChI=1S/C18H20N4O4/c1-9-5-10(2)7-11(6-9)19-13(23)8-12-14-15(20-16(12)24)21(3)18(26)22(4)17(14)25/h5-7,12H,8H2,1-4H3,(H,19,23)(H,20,24). The van der Waals surface area contributed by atoms with Gasteiger partial charge in [0.25, 0.3) is 5.56 Å². The van der Waals surface area contributed by atoms with E-state index in [2.05, 4.69) is 10.6 Å². The first-order chi connectivity index (χ1) is 12.2. The summed E-state index contributed by atoms with van der Waals surface area (Å²) < 4.78 is 2.14. The molecule has 136 valence electrons. The SMILES string of the molecule is Cc1cc(C)cc(NC(=O)CC2C(=O)Nc3c2c(=O)n(C)c(=O)n3C)c1. The number of carbonyl (C=O) groups is 2. The second kappa shape index (κ2) is 6.29. The first-order valence-electron chi connectivity index (χ1n) is 8.18. The van der Waals surface area contributed by atoms with Crippen LogP contribution in [0.3, 0.4) is 0 Å². The highest BCUT2D eigenvalue weighted by atomic mass is 16.2. The van der Waals surface area contributed by atoms with Gasteiger partial charge < -0.3 is 10.6 Å². The van der Waals surface area contributed by atoms with E-state index in [1.807, 2.05) is 32.0 Å². The van der Waals surface area contributed by atoms with Gasteiger partial charge in [-0.3, -0.25) is 23.5 Å². The molecule has 1 unspecified atom stereocenters. The molecule has 1 atom stereocenters. The number of fused-ring (bicyclic) bond motifs is 1. The summed E-state index contributed by atoms with van der Waals surface area (Å²) in [6, 6.07) is 5.65. The largest absolute Gasteiger partial charge is 0.332 e. The lowest BCUT2D eigenvalue weighted by atomic mass is 9.99. The summed E-state index contributed by atoms with van der Waals surface area (Å²) in [7, 11) is 2.82. The third-order valence-electron chi connectivity index (χ3n) is 4.50. The van der Waals surface area contributed by atoms with Gasteiger partial charge in [-0.15, -0.1) is 0 Å². The molecular formula is C18H20N4O4. The smallest absolute Gasteiger partial charge is 0.326 e. The van der Waals surface area contributed by atoms with Gasteiger partial charge in [-0.05, 0) is 37.1 Å². The molecular weight excluding hydrogens is 336 g/mol. The van der Waals surface area contributed by atoms with E-state index >= 15 is 0 Å². The van der Waals surface area contributed by atoms with Crippen molar-refractivity contribution in [1.29, 1.82) is 0 Å². The molecule has 0 saturated carbocycles. The van der Waals surface area contributed by atoms with Gasteiger partial charge in [0.15, 0.2) is 0 Å². The van der Waals surface area contributed by atoms with Crippen LogP contribution in [0.15, 0.2) is 27.8 Å². The molecule has 0 aliphatic carbocycles. The van der Waals surface area contributed by atoms with Gasteiger partial charge >= 0.3 is 5.69 Å². The molecule has 0 bridgehead atoms. The Kier molecular flexibility index (Phi) is 4.27. The van der Waals surface area contributed by atoms with Crippen LogP contribution in [-0.4, -0.2) is 20.9 Å². The summed E-state index contributed by atoms with van der Waals surface area (Å²) in [6.07, 6.45) is -0.181. The molecule has 2 amide bonds. The van der Waals surface area contributed by atoms with Crippen LogP contribution in [0.4, 0.5) is 11.5 Å². The summed E-state index contributed by atoms with van der Waals surface area (Å²) in [6.45, 7) is 3.85. The Morgan fingerprint density at radius 3 is 2.31 bits per heavy atom. The maximum absolute atomic E-state index is 12.4. The Bertz CT molecular complexity index is 1030. The Morgan fingerprint density at radius 1 is 1.08 bits per heavy atom. The predicted octanol–water partition coefficient (Wildman–Crippen LogP) is 0.765. The average molecular weight is 356 g/mol. The Labute approximate surface area is 149 Å². The number of carbonyl (C=O) groups excluding carboxylic acids is 2. The number of aryl methyl sites for hydroxylation is 2. The number of aromatic nitrogens is 2. The third kappa shape index (κ3) is 2.94. The molecule has 8 heteroatoms. The average Bonchev–Trinajstić information content (AvgIpc) is 2.86. The number of amides is 2. The van der Waals surface area contributed by atoms with Crippen LogP contribution in [-0.2, 0) is 23.7 Å². The van der Waals surface area contributed by atoms with E-state index in [9.17, 15) is 19.2 Å². The predicted molar refractivity (Wildman–Crippen MR) is 97.5 cm³/mol. The summed E-state index contributed by atoms with van der Waals surface area (Å²) in [4.78, 5) is 49.2. The minimum atomic E-state index is -0.929. The number of nitrogens with zero attached hydrogens (tertiary/aromatic N) is 2. The number of hydrogen-bond donors (Lipinski definition) is 2. The van der Waals surface area contributed by atoms with Gasteiger partial charge in [-0.1, -0.05) is 6.07 Å². The molecule has 2 N–H and O–H groups in total. The topological polar surface area (TPSA) is 102 Å². The molecule has 3 rings (SSSR count). The van der Waals surface area contributed by atoms with E-state index in [-0.39, 0.29) is 23.7 Å². The first-order valence-corrected chi connectivity index (χ1v) is 8.18. The van der Waals surface area contributed by atoms with E-state index in [0.717, 1.165) is 15.7 Å². The number of hydrogen-bond acceptors (Lipinski definition) is 4. The Balaban J connectivity index is 1.90. The molecule has 8 nitrogen and oxygen atoms in total. The van der Waals surface area contributed by atoms with Gasteiger partial charge in [-0.25, -0.2) is 4.79 Å². The lowest BCUT2D eigenvalue weighted by Crippen LogP contribution is -2.39. The van der Waals surface area contributed by atoms with Crippen molar-refractivity contribution < 1.29 is 9.59 Å². The molecule has 0 saturated heterocycles. The summed E-state index contributed by atoms with van der Waals surface area (Å²) in [5.41, 5.74) is 1.70. The second-order valence-electron chi connectivity index (χ2n) is 6.64. The highest BCUT2D eigenvalue weighted by Gasteiger charge is 2.37. The lowest BCUT2D eigenvalue weighted by Gasteiger charge is -2.12. The molecule has 0 fully saturated rings. The van der Waals surface area contributed by atoms with Gasteiger partial charge in [0.1, 0.15) is 5.82 Å². The van der Waals surface area contributed by atoms with Crippen LogP contribution < -0.4 is 21.9 Å². The maximum Gasteiger partial charge on any atom is 0.332 e. The van der Waals surface area contributed by atoms with Crippen LogP contribution >= 0.6 is 0 Å². The van der Waals surface area contributed by atoms with E-state index < -0.39 is 23.1 Å². The van der Waals surface area contributed by atoms with Crippen molar-refractivity contribution in [3.05, 3.63) is 55.7 Å². The molecule has 2 aromatic rings. The zero-order valence-electron chi connectivity index (χ0n) is 15.0. The quantitative estimate of drug-likeness (QED) is 0.848. The molecule has 1 aromatic carbocycles. The van der Waals surface area contributed by atoms with Crippen LogP contribution in [0.25, 0.3) is 0 Å². The number of anilines is 2. The molecule has 1 aliphatic rings. The van der Waals surface area contributed by atoms with Crippen LogP contribution in [0.1, 0.15) is 29.0 Å². The molecule has 1 aliphatic heterocycles. The van der Waals surface area contributed by atoms with Gasteiger partial charge in [0.05, 0.1) is 11.5 Å². The normalized spacial score (nSPS) is 15.5. The maximum atomic E-state index is 12.4. The molecule has 0 spiro atoms. The van der Waals surface area contributed by atoms with E-state index in [4.69, 9.17) is 0 Å². The highest BCUT2D eigenvalue weighted by Crippen LogP contribution is 2.31. The van der Waals surface area contributed by atoms with E-state index in [0.29, 0.717) is 5.69 Å². The van der Waals surface area contributed by atoms with Gasteiger partial charge in [0, 0.05) is 26.2 Å². The lowest BCUT2D eigenvalue weighted by molar-refractivity contribution is -0.122. The second-order valence-corrected chi connectivity index (χ2v) is 6.64. The minimum Gasteiger partial charge on any atom is -0.326 e. The zero-order valence-corrected chi connectivity index (χ0v) is 15.0. The third-order valence-corrected chi connectivity index (χ3v) is 4.50. The Hall–Kier alpha value is -3.16. The summed E-state index contributed by atoms with van der Waals surface area (Å²) in [5, 5.41) is 5.31. The molecule has 2 heterocycles. The summed E-state index contributed by atoms with van der Waals surface area (Å²) in [5.74, 6) is -1.61. The minimum absolute atomic E-state index is 0.148. The van der Waals surface area contributed by atoms with Gasteiger partial charge in [-0.2, -0.15) is 0 Å². The van der Waals surface area contributed by atoms with Crippen LogP contribution in [0.2, 0.25) is 0 Å². The van der Waals surface area contributed by atoms with Crippen molar-refractivity contribution in [1.82, 2.24) is 9.13 Å². The fourth-order valence-corrected chi connectivity index (χ4v) is 3.31. The van der Waals surface area contributed by atoms with Crippen molar-refractivity contribution in [2.24, 2.45) is 14.1 Å². The molecule has 26 heavy (non-hydrogen) atoms. The number of rotatable bonds is 3. The molecule has 1 aromatic heterocycles. The molecule has 0 radical (unpaired) electrons. The van der Waals surface area contributed by atoms with Gasteiger partial charge in [0.2, 0.25) is 11.8 Å². The van der Waals surface area contributed by atoms with Crippen molar-refractivity contribution in [2.75, 3.05) is 10.6 Å². The fourth-order valence-electron chi connectivity index (χ4n) is 3.31. The van der Waals surface area contributed by atoms with E-state index in [1.54, 1.807) is 0 Å². The highest BCUT2D eigenvalue weighted by molar-refractivity contribution is 6.05.